The van der Waals surface area contributed by atoms with Gasteiger partial charge in [0.15, 0.2) is 5.79 Å². The molecule has 1 saturated carbocycles. The second-order valence-corrected chi connectivity index (χ2v) is 7.93. The summed E-state index contributed by atoms with van der Waals surface area (Å²) in [6.45, 7) is 3.86. The van der Waals surface area contributed by atoms with E-state index in [4.69, 9.17) is 14.2 Å². The number of fused-ring (bicyclic) bond motifs is 1. The van der Waals surface area contributed by atoms with Gasteiger partial charge in [-0.3, -0.25) is 9.69 Å². The Kier molecular flexibility index (Phi) is 5.30. The van der Waals surface area contributed by atoms with Crippen molar-refractivity contribution in [1.29, 1.82) is 0 Å². The highest BCUT2D eigenvalue weighted by Crippen LogP contribution is 2.42. The molecule has 142 valence electrons. The third-order valence-electron chi connectivity index (χ3n) is 5.74. The smallest absolute Gasteiger partial charge is 0.302 e. The molecule has 0 unspecified atom stereocenters. The van der Waals surface area contributed by atoms with E-state index in [1.54, 1.807) is 0 Å². The maximum Gasteiger partial charge on any atom is 0.302 e. The molecule has 2 aliphatic heterocycles. The van der Waals surface area contributed by atoms with Crippen LogP contribution in [0.1, 0.15) is 51.0 Å². The first-order chi connectivity index (χ1) is 12.6. The number of nitrogens with zero attached hydrogens (tertiary/aromatic N) is 1. The molecule has 5 heteroatoms. The third-order valence-corrected chi connectivity index (χ3v) is 5.74. The number of carbonyl (C=O) groups is 1. The molecule has 26 heavy (non-hydrogen) atoms. The van der Waals surface area contributed by atoms with E-state index in [1.807, 2.05) is 6.07 Å². The molecule has 0 radical (unpaired) electrons. The van der Waals surface area contributed by atoms with Crippen molar-refractivity contribution in [3.8, 4) is 0 Å². The summed E-state index contributed by atoms with van der Waals surface area (Å²) in [6, 6.07) is 10.4. The Morgan fingerprint density at radius 2 is 1.85 bits per heavy atom. The minimum atomic E-state index is -0.399. The lowest BCUT2D eigenvalue weighted by Crippen LogP contribution is -2.39. The van der Waals surface area contributed by atoms with Crippen molar-refractivity contribution in [3.63, 3.8) is 0 Å². The Morgan fingerprint density at radius 1 is 1.12 bits per heavy atom. The highest BCUT2D eigenvalue weighted by Gasteiger charge is 2.50. The Hall–Kier alpha value is -1.43. The van der Waals surface area contributed by atoms with Gasteiger partial charge in [0.25, 0.3) is 0 Å². The molecule has 3 atom stereocenters. The summed E-state index contributed by atoms with van der Waals surface area (Å²) >= 11 is 0. The zero-order valence-corrected chi connectivity index (χ0v) is 15.6. The molecule has 1 aromatic carbocycles. The SMILES string of the molecule is CC(=O)O[C@H]1C[C@H]2OC3(CCCCC3)O[C@H]2CN(Cc2ccccc2)C1. The molecule has 4 rings (SSSR count). The zero-order valence-electron chi connectivity index (χ0n) is 15.6. The fraction of sp³-hybridized carbons (Fsp3) is 0.667. The quantitative estimate of drug-likeness (QED) is 0.775. The van der Waals surface area contributed by atoms with Gasteiger partial charge >= 0.3 is 5.97 Å². The molecule has 5 nitrogen and oxygen atoms in total. The van der Waals surface area contributed by atoms with Crippen molar-refractivity contribution in [3.05, 3.63) is 35.9 Å². The molecule has 2 saturated heterocycles. The molecule has 0 amide bonds. The van der Waals surface area contributed by atoms with E-state index in [0.29, 0.717) is 0 Å². The first-order valence-electron chi connectivity index (χ1n) is 9.91. The lowest BCUT2D eigenvalue weighted by Gasteiger charge is -2.33. The maximum absolute atomic E-state index is 11.6. The molecule has 1 aliphatic carbocycles. The van der Waals surface area contributed by atoms with Crippen LogP contribution in [0.5, 0.6) is 0 Å². The summed E-state index contributed by atoms with van der Waals surface area (Å²) in [7, 11) is 0. The van der Waals surface area contributed by atoms with E-state index >= 15 is 0 Å². The van der Waals surface area contributed by atoms with Crippen LogP contribution < -0.4 is 0 Å². The van der Waals surface area contributed by atoms with Gasteiger partial charge < -0.3 is 14.2 Å². The summed E-state index contributed by atoms with van der Waals surface area (Å²) in [6.07, 6.45) is 6.20. The number of hydrogen-bond acceptors (Lipinski definition) is 5. The first kappa shape index (κ1) is 18.0. The number of carbonyl (C=O) groups excluding carboxylic acids is 1. The van der Waals surface area contributed by atoms with Gasteiger partial charge in [0.05, 0.1) is 6.10 Å². The number of ether oxygens (including phenoxy) is 3. The minimum Gasteiger partial charge on any atom is -0.461 e. The maximum atomic E-state index is 11.6. The topological polar surface area (TPSA) is 48.0 Å². The highest BCUT2D eigenvalue weighted by atomic mass is 16.8. The van der Waals surface area contributed by atoms with Gasteiger partial charge in [0, 0.05) is 45.8 Å². The Bertz CT molecular complexity index is 614. The van der Waals surface area contributed by atoms with Crippen molar-refractivity contribution < 1.29 is 19.0 Å². The van der Waals surface area contributed by atoms with Crippen molar-refractivity contribution in [2.24, 2.45) is 0 Å². The zero-order chi connectivity index (χ0) is 18.0. The standard InChI is InChI=1S/C21H29NO4/c1-16(23)24-18-12-19-20(26-21(25-19)10-6-3-7-11-21)15-22(14-18)13-17-8-4-2-5-9-17/h2,4-5,8-9,18-20H,3,6-7,10-15H2,1H3/t18-,19+,20-/m0/s1. The van der Waals surface area contributed by atoms with Crippen LogP contribution in [0.4, 0.5) is 0 Å². The summed E-state index contributed by atoms with van der Waals surface area (Å²) < 4.78 is 18.5. The van der Waals surface area contributed by atoms with E-state index in [1.165, 1.54) is 31.7 Å². The highest BCUT2D eigenvalue weighted by molar-refractivity contribution is 5.66. The van der Waals surface area contributed by atoms with Crippen LogP contribution in [0.2, 0.25) is 0 Å². The predicted molar refractivity (Wildman–Crippen MR) is 97.5 cm³/mol. The molecule has 3 fully saturated rings. The average Bonchev–Trinajstić information content (AvgIpc) is 2.83. The molecule has 0 aromatic heterocycles. The Balaban J connectivity index is 1.50. The van der Waals surface area contributed by atoms with E-state index < -0.39 is 5.79 Å². The van der Waals surface area contributed by atoms with Crippen LogP contribution in [-0.4, -0.2) is 48.1 Å². The molecule has 1 aromatic rings. The molecule has 0 N–H and O–H groups in total. The van der Waals surface area contributed by atoms with E-state index in [2.05, 4.69) is 29.2 Å². The van der Waals surface area contributed by atoms with Crippen LogP contribution in [-0.2, 0) is 25.5 Å². The molecule has 0 bridgehead atoms. The Labute approximate surface area is 155 Å². The number of hydrogen-bond donors (Lipinski definition) is 0. The van der Waals surface area contributed by atoms with Crippen LogP contribution >= 0.6 is 0 Å². The van der Waals surface area contributed by atoms with E-state index in [-0.39, 0.29) is 24.3 Å². The number of rotatable bonds is 3. The molecule has 2 heterocycles. The van der Waals surface area contributed by atoms with Crippen LogP contribution in [0.25, 0.3) is 0 Å². The lowest BCUT2D eigenvalue weighted by molar-refractivity contribution is -0.199. The Morgan fingerprint density at radius 3 is 2.58 bits per heavy atom. The van der Waals surface area contributed by atoms with Crippen molar-refractivity contribution >= 4 is 5.97 Å². The molecular formula is C21H29NO4. The van der Waals surface area contributed by atoms with Gasteiger partial charge in [-0.25, -0.2) is 0 Å². The fourth-order valence-corrected chi connectivity index (χ4v) is 4.65. The number of likely N-dealkylation sites (tertiary alicyclic amines) is 1. The largest absolute Gasteiger partial charge is 0.461 e. The van der Waals surface area contributed by atoms with Crippen LogP contribution in [0, 0.1) is 0 Å². The van der Waals surface area contributed by atoms with Gasteiger partial charge in [0.1, 0.15) is 12.2 Å². The van der Waals surface area contributed by atoms with Gasteiger partial charge in [-0.2, -0.15) is 0 Å². The monoisotopic (exact) mass is 359 g/mol. The van der Waals surface area contributed by atoms with Crippen molar-refractivity contribution in [1.82, 2.24) is 4.90 Å². The van der Waals surface area contributed by atoms with Crippen LogP contribution in [0.3, 0.4) is 0 Å². The van der Waals surface area contributed by atoms with Gasteiger partial charge in [0.2, 0.25) is 0 Å². The first-order valence-corrected chi connectivity index (χ1v) is 9.91. The lowest BCUT2D eigenvalue weighted by atomic mass is 9.94. The average molecular weight is 359 g/mol. The number of benzene rings is 1. The molecule has 1 spiro atoms. The predicted octanol–water partition coefficient (Wildman–Crippen LogP) is 3.27. The summed E-state index contributed by atoms with van der Waals surface area (Å²) in [4.78, 5) is 13.9. The van der Waals surface area contributed by atoms with Crippen molar-refractivity contribution in [2.75, 3.05) is 13.1 Å². The van der Waals surface area contributed by atoms with Gasteiger partial charge in [-0.1, -0.05) is 36.8 Å². The van der Waals surface area contributed by atoms with E-state index in [0.717, 1.165) is 38.9 Å². The normalized spacial score (nSPS) is 31.3. The second-order valence-electron chi connectivity index (χ2n) is 7.93. The molecular weight excluding hydrogens is 330 g/mol. The van der Waals surface area contributed by atoms with Gasteiger partial charge in [-0.15, -0.1) is 0 Å². The number of esters is 1. The third kappa shape index (κ3) is 4.11. The van der Waals surface area contributed by atoms with E-state index in [9.17, 15) is 4.79 Å². The summed E-state index contributed by atoms with van der Waals surface area (Å²) in [5, 5.41) is 0. The van der Waals surface area contributed by atoms with Gasteiger partial charge in [-0.05, 0) is 18.4 Å². The summed E-state index contributed by atoms with van der Waals surface area (Å²) in [5.41, 5.74) is 1.26. The molecule has 3 aliphatic rings. The summed E-state index contributed by atoms with van der Waals surface area (Å²) in [5.74, 6) is -0.621. The fourth-order valence-electron chi connectivity index (χ4n) is 4.65. The van der Waals surface area contributed by atoms with Crippen molar-refractivity contribution in [2.45, 2.75) is 76.1 Å². The van der Waals surface area contributed by atoms with Crippen LogP contribution in [0.15, 0.2) is 30.3 Å². The minimum absolute atomic E-state index is 0.0122. The second kappa shape index (κ2) is 7.67.